The van der Waals surface area contributed by atoms with Crippen LogP contribution in [0.2, 0.25) is 0 Å². The average molecular weight is 390 g/mol. The van der Waals surface area contributed by atoms with E-state index in [1.807, 2.05) is 50.4 Å². The van der Waals surface area contributed by atoms with Gasteiger partial charge in [-0.05, 0) is 83.3 Å². The highest BCUT2D eigenvalue weighted by Gasteiger charge is 2.25. The standard InChI is InChI=1S/C26H31NO2/c1-15(2)19-13-21(17(5)11-24(19)28)26(23-9-7-8-10-27-23)22-14-20(16(3)4)25(29)12-18(22)6/h7-16,26,28-29H,1-6H3. The maximum absolute atomic E-state index is 10.5. The Morgan fingerprint density at radius 2 is 1.17 bits per heavy atom. The molecule has 2 N–H and O–H groups in total. The van der Waals surface area contributed by atoms with E-state index in [1.54, 1.807) is 0 Å². The Balaban J connectivity index is 2.32. The van der Waals surface area contributed by atoms with Crippen LogP contribution in [0.4, 0.5) is 0 Å². The smallest absolute Gasteiger partial charge is 0.119 e. The number of phenolic OH excluding ortho intramolecular Hbond substituents is 2. The molecule has 0 aliphatic rings. The number of phenols is 2. The van der Waals surface area contributed by atoms with Crippen molar-refractivity contribution >= 4 is 0 Å². The fourth-order valence-electron chi connectivity index (χ4n) is 4.03. The zero-order chi connectivity index (χ0) is 21.3. The fraction of sp³-hybridized carbons (Fsp3) is 0.346. The second kappa shape index (κ2) is 8.28. The van der Waals surface area contributed by atoms with Crippen LogP contribution in [0, 0.1) is 13.8 Å². The van der Waals surface area contributed by atoms with Crippen LogP contribution in [0.1, 0.15) is 84.5 Å². The Morgan fingerprint density at radius 1 is 0.690 bits per heavy atom. The van der Waals surface area contributed by atoms with Crippen LogP contribution in [-0.4, -0.2) is 15.2 Å². The molecule has 0 radical (unpaired) electrons. The first kappa shape index (κ1) is 20.9. The normalized spacial score (nSPS) is 11.6. The maximum atomic E-state index is 10.5. The van der Waals surface area contributed by atoms with Gasteiger partial charge in [0, 0.05) is 6.20 Å². The molecule has 1 heterocycles. The number of aromatic hydroxyl groups is 2. The number of aromatic nitrogens is 1. The summed E-state index contributed by atoms with van der Waals surface area (Å²) in [7, 11) is 0. The van der Waals surface area contributed by atoms with Crippen molar-refractivity contribution in [2.75, 3.05) is 0 Å². The molecule has 152 valence electrons. The fourth-order valence-corrected chi connectivity index (χ4v) is 4.03. The van der Waals surface area contributed by atoms with Gasteiger partial charge in [-0.15, -0.1) is 0 Å². The second-order valence-electron chi connectivity index (χ2n) is 8.53. The third-order valence-electron chi connectivity index (χ3n) is 5.68. The first-order valence-corrected chi connectivity index (χ1v) is 10.3. The van der Waals surface area contributed by atoms with Gasteiger partial charge >= 0.3 is 0 Å². The van der Waals surface area contributed by atoms with Crippen LogP contribution in [0.15, 0.2) is 48.7 Å². The van der Waals surface area contributed by atoms with Crippen LogP contribution in [0.5, 0.6) is 11.5 Å². The summed E-state index contributed by atoms with van der Waals surface area (Å²) in [6.45, 7) is 12.4. The SMILES string of the molecule is Cc1cc(O)c(C(C)C)cc1C(c1ccccn1)c1cc(C(C)C)c(O)cc1C. The number of nitrogens with zero attached hydrogens (tertiary/aromatic N) is 1. The maximum Gasteiger partial charge on any atom is 0.119 e. The van der Waals surface area contributed by atoms with Crippen molar-refractivity contribution in [2.45, 2.75) is 59.3 Å². The Kier molecular flexibility index (Phi) is 5.97. The molecule has 0 saturated heterocycles. The molecule has 3 aromatic rings. The van der Waals surface area contributed by atoms with Crippen molar-refractivity contribution in [1.82, 2.24) is 4.98 Å². The van der Waals surface area contributed by atoms with Crippen LogP contribution < -0.4 is 0 Å². The van der Waals surface area contributed by atoms with E-state index in [2.05, 4.69) is 44.8 Å². The number of aryl methyl sites for hydroxylation is 2. The zero-order valence-electron chi connectivity index (χ0n) is 18.2. The Bertz CT molecular complexity index is 943. The minimum Gasteiger partial charge on any atom is -0.508 e. The number of benzene rings is 2. The van der Waals surface area contributed by atoms with E-state index in [0.29, 0.717) is 11.5 Å². The lowest BCUT2D eigenvalue weighted by molar-refractivity contribution is 0.464. The Morgan fingerprint density at radius 3 is 1.55 bits per heavy atom. The van der Waals surface area contributed by atoms with Gasteiger partial charge in [0.1, 0.15) is 11.5 Å². The van der Waals surface area contributed by atoms with Gasteiger partial charge in [0.15, 0.2) is 0 Å². The summed E-state index contributed by atoms with van der Waals surface area (Å²) in [5, 5.41) is 20.9. The van der Waals surface area contributed by atoms with Gasteiger partial charge in [-0.3, -0.25) is 4.98 Å². The minimum absolute atomic E-state index is 0.0765. The predicted octanol–water partition coefficient (Wildman–Crippen LogP) is 6.54. The number of hydrogen-bond acceptors (Lipinski definition) is 3. The molecule has 2 aromatic carbocycles. The minimum atomic E-state index is -0.0765. The molecule has 3 nitrogen and oxygen atoms in total. The zero-order valence-corrected chi connectivity index (χ0v) is 18.2. The average Bonchev–Trinajstić information content (AvgIpc) is 2.65. The largest absolute Gasteiger partial charge is 0.508 e. The lowest BCUT2D eigenvalue weighted by Crippen LogP contribution is -2.11. The molecule has 0 amide bonds. The third-order valence-corrected chi connectivity index (χ3v) is 5.68. The number of rotatable bonds is 5. The summed E-state index contributed by atoms with van der Waals surface area (Å²) in [5.41, 5.74) is 7.16. The molecule has 0 bridgehead atoms. The highest BCUT2D eigenvalue weighted by atomic mass is 16.3. The molecule has 0 fully saturated rings. The van der Waals surface area contributed by atoms with Gasteiger partial charge in [-0.1, -0.05) is 45.9 Å². The lowest BCUT2D eigenvalue weighted by Gasteiger charge is -2.25. The van der Waals surface area contributed by atoms with Gasteiger partial charge in [0.25, 0.3) is 0 Å². The quantitative estimate of drug-likeness (QED) is 0.521. The van der Waals surface area contributed by atoms with E-state index < -0.39 is 0 Å². The van der Waals surface area contributed by atoms with E-state index >= 15 is 0 Å². The number of hydrogen-bond donors (Lipinski definition) is 2. The van der Waals surface area contributed by atoms with Gasteiger partial charge in [0.2, 0.25) is 0 Å². The molecule has 0 aliphatic carbocycles. The molecule has 0 aliphatic heterocycles. The van der Waals surface area contributed by atoms with Crippen molar-refractivity contribution in [2.24, 2.45) is 0 Å². The predicted molar refractivity (Wildman–Crippen MR) is 119 cm³/mol. The molecule has 0 spiro atoms. The van der Waals surface area contributed by atoms with Gasteiger partial charge in [0.05, 0.1) is 11.6 Å². The van der Waals surface area contributed by atoms with E-state index in [0.717, 1.165) is 39.1 Å². The van der Waals surface area contributed by atoms with Crippen molar-refractivity contribution in [3.8, 4) is 11.5 Å². The van der Waals surface area contributed by atoms with Gasteiger partial charge < -0.3 is 10.2 Å². The van der Waals surface area contributed by atoms with Crippen molar-refractivity contribution in [3.63, 3.8) is 0 Å². The highest BCUT2D eigenvalue weighted by Crippen LogP contribution is 2.41. The van der Waals surface area contributed by atoms with Gasteiger partial charge in [-0.2, -0.15) is 0 Å². The first-order chi connectivity index (χ1) is 13.7. The van der Waals surface area contributed by atoms with E-state index in [4.69, 9.17) is 0 Å². The van der Waals surface area contributed by atoms with Crippen LogP contribution in [0.3, 0.4) is 0 Å². The summed E-state index contributed by atoms with van der Waals surface area (Å²) < 4.78 is 0. The Labute approximate surface area is 174 Å². The molecule has 1 aromatic heterocycles. The first-order valence-electron chi connectivity index (χ1n) is 10.3. The molecule has 0 saturated carbocycles. The van der Waals surface area contributed by atoms with E-state index in [-0.39, 0.29) is 17.8 Å². The summed E-state index contributed by atoms with van der Waals surface area (Å²) in [5.74, 6) is 1.03. The molecule has 0 atom stereocenters. The van der Waals surface area contributed by atoms with E-state index in [1.165, 1.54) is 0 Å². The molecule has 3 heteroatoms. The summed E-state index contributed by atoms with van der Waals surface area (Å²) in [6, 6.07) is 13.9. The van der Waals surface area contributed by atoms with Crippen LogP contribution in [0.25, 0.3) is 0 Å². The molecule has 0 unspecified atom stereocenters. The topological polar surface area (TPSA) is 53.4 Å². The molecule has 29 heavy (non-hydrogen) atoms. The lowest BCUT2D eigenvalue weighted by atomic mass is 9.80. The molecule has 3 rings (SSSR count). The van der Waals surface area contributed by atoms with Crippen molar-refractivity contribution in [3.05, 3.63) is 87.7 Å². The highest BCUT2D eigenvalue weighted by molar-refractivity contribution is 5.54. The van der Waals surface area contributed by atoms with Crippen LogP contribution >= 0.6 is 0 Å². The monoisotopic (exact) mass is 389 g/mol. The summed E-state index contributed by atoms with van der Waals surface area (Å²) in [4.78, 5) is 4.68. The van der Waals surface area contributed by atoms with Crippen molar-refractivity contribution in [1.29, 1.82) is 0 Å². The second-order valence-corrected chi connectivity index (χ2v) is 8.53. The van der Waals surface area contributed by atoms with Crippen LogP contribution in [-0.2, 0) is 0 Å². The summed E-state index contributed by atoms with van der Waals surface area (Å²) in [6.07, 6.45) is 1.82. The molecular formula is C26H31NO2. The molecular weight excluding hydrogens is 358 g/mol. The summed E-state index contributed by atoms with van der Waals surface area (Å²) >= 11 is 0. The third kappa shape index (κ3) is 4.14. The van der Waals surface area contributed by atoms with Crippen molar-refractivity contribution < 1.29 is 10.2 Å². The Hall–Kier alpha value is -2.81. The van der Waals surface area contributed by atoms with E-state index in [9.17, 15) is 10.2 Å². The number of pyridine rings is 1. The van der Waals surface area contributed by atoms with Gasteiger partial charge in [-0.25, -0.2) is 0 Å².